The zero-order valence-corrected chi connectivity index (χ0v) is 11.6. The van der Waals surface area contributed by atoms with Crippen LogP contribution in [0.1, 0.15) is 19.5 Å². The summed E-state index contributed by atoms with van der Waals surface area (Å²) in [5, 5.41) is 8.96. The Kier molecular flexibility index (Phi) is 3.85. The maximum Gasteiger partial charge on any atom is 0.246 e. The molecule has 2 rings (SSSR count). The van der Waals surface area contributed by atoms with Crippen molar-refractivity contribution in [1.82, 2.24) is 9.29 Å². The molecule has 1 aromatic heterocycles. The molecule has 0 aliphatic carbocycles. The quantitative estimate of drug-likeness (QED) is 0.798. The minimum Gasteiger partial charge on any atom is -0.373 e. The number of morpholine rings is 1. The summed E-state index contributed by atoms with van der Waals surface area (Å²) in [5.74, 6) is 0. The second-order valence-electron chi connectivity index (χ2n) is 4.54. The molecule has 1 aliphatic heterocycles. The van der Waals surface area contributed by atoms with Gasteiger partial charge in [-0.1, -0.05) is 0 Å². The minimum atomic E-state index is -3.70. The number of nitriles is 1. The fourth-order valence-electron chi connectivity index (χ4n) is 2.15. The van der Waals surface area contributed by atoms with Gasteiger partial charge in [0.1, 0.15) is 11.0 Å². The molecule has 1 aliphatic rings. The topological polar surface area (TPSA) is 83.3 Å². The van der Waals surface area contributed by atoms with E-state index < -0.39 is 10.0 Å². The van der Waals surface area contributed by atoms with Gasteiger partial charge in [0.25, 0.3) is 0 Å². The Balaban J connectivity index is 2.40. The molecule has 102 valence electrons. The summed E-state index contributed by atoms with van der Waals surface area (Å²) in [7, 11) is -3.70. The van der Waals surface area contributed by atoms with E-state index in [9.17, 15) is 8.42 Å². The molecule has 2 heterocycles. The van der Waals surface area contributed by atoms with Crippen molar-refractivity contribution in [3.05, 3.63) is 24.0 Å². The van der Waals surface area contributed by atoms with Crippen molar-refractivity contribution >= 4 is 10.0 Å². The zero-order chi connectivity index (χ0) is 14.0. The van der Waals surface area contributed by atoms with Crippen molar-refractivity contribution in [3.63, 3.8) is 0 Å². The van der Waals surface area contributed by atoms with Crippen molar-refractivity contribution in [1.29, 1.82) is 5.26 Å². The van der Waals surface area contributed by atoms with Crippen LogP contribution >= 0.6 is 0 Å². The molecule has 7 heteroatoms. The molecule has 0 N–H and O–H groups in total. The highest BCUT2D eigenvalue weighted by Gasteiger charge is 2.33. The van der Waals surface area contributed by atoms with E-state index in [1.54, 1.807) is 0 Å². The van der Waals surface area contributed by atoms with Crippen molar-refractivity contribution in [3.8, 4) is 6.07 Å². The van der Waals surface area contributed by atoms with Gasteiger partial charge < -0.3 is 4.74 Å². The molecule has 0 saturated carbocycles. The molecule has 0 unspecified atom stereocenters. The number of nitrogens with zero attached hydrogens (tertiary/aromatic N) is 3. The molecule has 1 aromatic rings. The van der Waals surface area contributed by atoms with Gasteiger partial charge >= 0.3 is 0 Å². The molecule has 0 aromatic carbocycles. The average Bonchev–Trinajstić information content (AvgIpc) is 2.37. The largest absolute Gasteiger partial charge is 0.373 e. The molecule has 6 nitrogen and oxygen atoms in total. The van der Waals surface area contributed by atoms with Crippen LogP contribution in [0, 0.1) is 11.3 Å². The Labute approximate surface area is 112 Å². The van der Waals surface area contributed by atoms with Crippen LogP contribution in [0.4, 0.5) is 0 Å². The van der Waals surface area contributed by atoms with Gasteiger partial charge in [-0.05, 0) is 26.0 Å². The zero-order valence-electron chi connectivity index (χ0n) is 10.8. The second-order valence-corrected chi connectivity index (χ2v) is 6.45. The van der Waals surface area contributed by atoms with Gasteiger partial charge in [0.2, 0.25) is 10.0 Å². The number of aromatic nitrogens is 1. The van der Waals surface area contributed by atoms with Crippen molar-refractivity contribution < 1.29 is 13.2 Å². The minimum absolute atomic E-state index is 0.0428. The van der Waals surface area contributed by atoms with Gasteiger partial charge in [0, 0.05) is 19.3 Å². The van der Waals surface area contributed by atoms with Crippen LogP contribution in [-0.4, -0.2) is 43.0 Å². The fraction of sp³-hybridized carbons (Fsp3) is 0.500. The summed E-state index contributed by atoms with van der Waals surface area (Å²) in [6.07, 6.45) is 1.07. The van der Waals surface area contributed by atoms with Crippen molar-refractivity contribution in [2.24, 2.45) is 0 Å². The third-order valence-electron chi connectivity index (χ3n) is 2.88. The van der Waals surface area contributed by atoms with Crippen LogP contribution in [0.3, 0.4) is 0 Å². The Bertz CT molecular complexity index is 599. The summed E-state index contributed by atoms with van der Waals surface area (Å²) >= 11 is 0. The lowest BCUT2D eigenvalue weighted by molar-refractivity contribution is -0.0440. The summed E-state index contributed by atoms with van der Waals surface area (Å²) in [6.45, 7) is 4.22. The molecule has 1 saturated heterocycles. The van der Waals surface area contributed by atoms with Crippen LogP contribution in [0.2, 0.25) is 0 Å². The average molecular weight is 281 g/mol. The molecule has 0 bridgehead atoms. The normalized spacial score (nSPS) is 24.9. The first kappa shape index (κ1) is 13.9. The van der Waals surface area contributed by atoms with E-state index in [0.29, 0.717) is 0 Å². The monoisotopic (exact) mass is 281 g/mol. The Hall–Kier alpha value is -1.49. The van der Waals surface area contributed by atoms with Gasteiger partial charge in [-0.15, -0.1) is 0 Å². The Morgan fingerprint density at radius 1 is 1.42 bits per heavy atom. The first-order valence-corrected chi connectivity index (χ1v) is 7.40. The third-order valence-corrected chi connectivity index (χ3v) is 4.74. The van der Waals surface area contributed by atoms with E-state index in [-0.39, 0.29) is 35.9 Å². The predicted octanol–water partition coefficient (Wildman–Crippen LogP) is 0.751. The molecule has 0 amide bonds. The van der Waals surface area contributed by atoms with Crippen molar-refractivity contribution in [2.75, 3.05) is 13.1 Å². The molecule has 2 atom stereocenters. The first-order chi connectivity index (χ1) is 8.95. The number of pyridine rings is 1. The van der Waals surface area contributed by atoms with E-state index in [4.69, 9.17) is 10.00 Å². The Morgan fingerprint density at radius 2 is 2.05 bits per heavy atom. The molecule has 19 heavy (non-hydrogen) atoms. The number of sulfonamides is 1. The van der Waals surface area contributed by atoms with Crippen molar-refractivity contribution in [2.45, 2.75) is 31.0 Å². The van der Waals surface area contributed by atoms with Crippen LogP contribution < -0.4 is 0 Å². The lowest BCUT2D eigenvalue weighted by Gasteiger charge is -2.34. The number of hydrogen-bond donors (Lipinski definition) is 0. The molecular weight excluding hydrogens is 266 g/mol. The standard InChI is InChI=1S/C12H15N3O3S/c1-9-7-15(8-10(2)18-9)19(16,17)12-4-3-5-14-11(12)6-13/h3-5,9-10H,7-8H2,1-2H3/t9-,10+. The fourth-order valence-corrected chi connectivity index (χ4v) is 3.83. The van der Waals surface area contributed by atoms with Crippen LogP contribution in [0.5, 0.6) is 0 Å². The van der Waals surface area contributed by atoms with Gasteiger partial charge in [0.15, 0.2) is 5.69 Å². The molecular formula is C12H15N3O3S. The molecule has 1 fully saturated rings. The third kappa shape index (κ3) is 2.76. The highest BCUT2D eigenvalue weighted by atomic mass is 32.2. The summed E-state index contributed by atoms with van der Waals surface area (Å²) in [5.41, 5.74) is -0.0747. The van der Waals surface area contributed by atoms with E-state index in [2.05, 4.69) is 4.98 Å². The first-order valence-electron chi connectivity index (χ1n) is 5.96. The predicted molar refractivity (Wildman–Crippen MR) is 67.7 cm³/mol. The highest BCUT2D eigenvalue weighted by molar-refractivity contribution is 7.89. The molecule has 0 radical (unpaired) electrons. The number of hydrogen-bond acceptors (Lipinski definition) is 5. The Morgan fingerprint density at radius 3 is 2.63 bits per heavy atom. The highest BCUT2D eigenvalue weighted by Crippen LogP contribution is 2.22. The van der Waals surface area contributed by atoms with Gasteiger partial charge in [0.05, 0.1) is 12.2 Å². The van der Waals surface area contributed by atoms with Crippen LogP contribution in [-0.2, 0) is 14.8 Å². The smallest absolute Gasteiger partial charge is 0.246 e. The number of ether oxygens (including phenoxy) is 1. The summed E-state index contributed by atoms with van der Waals surface area (Å²) in [6, 6.07) is 4.74. The maximum atomic E-state index is 12.5. The van der Waals surface area contributed by atoms with Gasteiger partial charge in [-0.25, -0.2) is 13.4 Å². The lowest BCUT2D eigenvalue weighted by Crippen LogP contribution is -2.48. The van der Waals surface area contributed by atoms with Crippen LogP contribution in [0.25, 0.3) is 0 Å². The second kappa shape index (κ2) is 5.25. The number of rotatable bonds is 2. The van der Waals surface area contributed by atoms with Gasteiger partial charge in [-0.3, -0.25) is 0 Å². The van der Waals surface area contributed by atoms with E-state index in [1.807, 2.05) is 19.9 Å². The van der Waals surface area contributed by atoms with Crippen LogP contribution in [0.15, 0.2) is 23.2 Å². The summed E-state index contributed by atoms with van der Waals surface area (Å²) in [4.78, 5) is 3.76. The van der Waals surface area contributed by atoms with E-state index >= 15 is 0 Å². The van der Waals surface area contributed by atoms with E-state index in [0.717, 1.165) is 0 Å². The maximum absolute atomic E-state index is 12.5. The van der Waals surface area contributed by atoms with E-state index in [1.165, 1.54) is 22.6 Å². The molecule has 0 spiro atoms. The van der Waals surface area contributed by atoms with Gasteiger partial charge in [-0.2, -0.15) is 9.57 Å². The lowest BCUT2D eigenvalue weighted by atomic mass is 10.3. The SMILES string of the molecule is C[C@@H]1CN(S(=O)(=O)c2cccnc2C#N)C[C@H](C)O1. The summed E-state index contributed by atoms with van der Waals surface area (Å²) < 4.78 is 31.9.